The van der Waals surface area contributed by atoms with Crippen molar-refractivity contribution in [2.45, 2.75) is 35.5 Å². The molecule has 5 nitrogen and oxygen atoms in total. The van der Waals surface area contributed by atoms with Crippen LogP contribution in [0.25, 0.3) is 0 Å². The maximum Gasteiger partial charge on any atom is 0.329 e. The maximum atomic E-state index is 12.4. The minimum absolute atomic E-state index is 0.0413. The second kappa shape index (κ2) is 8.27. The molecule has 0 aliphatic carbocycles. The fourth-order valence-corrected chi connectivity index (χ4v) is 3.90. The molecule has 0 saturated heterocycles. The van der Waals surface area contributed by atoms with Crippen LogP contribution >= 0.6 is 34.8 Å². The molecule has 1 unspecified atom stereocenters. The first kappa shape index (κ1) is 21.8. The summed E-state index contributed by atoms with van der Waals surface area (Å²) in [7, 11) is -4.06. The van der Waals surface area contributed by atoms with Crippen LogP contribution in [0.15, 0.2) is 47.4 Å². The Kier molecular flexibility index (Phi) is 6.68. The van der Waals surface area contributed by atoms with Gasteiger partial charge in [0.25, 0.3) is 10.0 Å². The largest absolute Gasteiger partial charge is 0.329 e. The Morgan fingerprint density at radius 1 is 0.963 bits per heavy atom. The minimum atomic E-state index is -4.06. The van der Waals surface area contributed by atoms with Crippen LogP contribution in [0.5, 0.6) is 0 Å². The second-order valence-corrected chi connectivity index (χ2v) is 10.3. The van der Waals surface area contributed by atoms with Gasteiger partial charge in [0.1, 0.15) is 6.04 Å². The van der Waals surface area contributed by atoms with Crippen molar-refractivity contribution in [1.82, 2.24) is 10.0 Å². The molecular formula is C18H19Cl3N2O3S. The number of rotatable bonds is 4. The van der Waals surface area contributed by atoms with Crippen molar-refractivity contribution >= 4 is 50.9 Å². The number of hydrogen-bond donors (Lipinski definition) is 2. The summed E-state index contributed by atoms with van der Waals surface area (Å²) in [6.45, 7) is 5.49. The van der Waals surface area contributed by atoms with Gasteiger partial charge in [-0.25, -0.2) is 17.9 Å². The molecular weight excluding hydrogens is 431 g/mol. The number of amides is 2. The molecule has 1 atom stereocenters. The summed E-state index contributed by atoms with van der Waals surface area (Å²) in [5, 5.41) is 2.45. The summed E-state index contributed by atoms with van der Waals surface area (Å²) in [5.41, 5.74) is 3.17. The van der Waals surface area contributed by atoms with Crippen molar-refractivity contribution in [2.24, 2.45) is 0 Å². The number of urea groups is 1. The quantitative estimate of drug-likeness (QED) is 0.664. The van der Waals surface area contributed by atoms with Crippen molar-refractivity contribution < 1.29 is 13.2 Å². The zero-order valence-electron chi connectivity index (χ0n) is 14.9. The Morgan fingerprint density at radius 2 is 1.52 bits per heavy atom. The van der Waals surface area contributed by atoms with Gasteiger partial charge in [-0.15, -0.1) is 0 Å². The second-order valence-electron chi connectivity index (χ2n) is 6.23. The molecule has 0 saturated carbocycles. The van der Waals surface area contributed by atoms with E-state index in [1.165, 1.54) is 12.1 Å². The number of hydrogen-bond acceptors (Lipinski definition) is 3. The fraction of sp³-hybridized carbons (Fsp3) is 0.278. The summed E-state index contributed by atoms with van der Waals surface area (Å²) in [6, 6.07) is 9.52. The normalized spacial score (nSPS) is 13.1. The number of nitrogens with one attached hydrogen (secondary N) is 2. The van der Waals surface area contributed by atoms with E-state index in [9.17, 15) is 13.2 Å². The molecule has 0 bridgehead atoms. The monoisotopic (exact) mass is 448 g/mol. The third-order valence-corrected chi connectivity index (χ3v) is 5.91. The van der Waals surface area contributed by atoms with E-state index in [-0.39, 0.29) is 4.90 Å². The van der Waals surface area contributed by atoms with Crippen LogP contribution < -0.4 is 10.0 Å². The van der Waals surface area contributed by atoms with E-state index >= 15 is 0 Å². The molecule has 0 heterocycles. The van der Waals surface area contributed by atoms with Gasteiger partial charge < -0.3 is 5.32 Å². The predicted octanol–water partition coefficient (Wildman–Crippen LogP) is 4.71. The average molecular weight is 450 g/mol. The Bertz CT molecular complexity index is 939. The van der Waals surface area contributed by atoms with Crippen molar-refractivity contribution in [2.75, 3.05) is 0 Å². The SMILES string of the molecule is Cc1ccc(S(=O)(=O)NC(=O)NC(c2cc(C)ccc2C)C(Cl)(Cl)Cl)cc1. The molecule has 0 spiro atoms. The molecule has 0 aliphatic heterocycles. The minimum Gasteiger partial charge on any atom is -0.326 e. The fourth-order valence-electron chi connectivity index (χ4n) is 2.47. The Labute approximate surface area is 174 Å². The topological polar surface area (TPSA) is 75.3 Å². The first-order chi connectivity index (χ1) is 12.4. The van der Waals surface area contributed by atoms with Gasteiger partial charge in [0.2, 0.25) is 3.79 Å². The Morgan fingerprint density at radius 3 is 2.07 bits per heavy atom. The summed E-state index contributed by atoms with van der Waals surface area (Å²) in [5.74, 6) is 0. The van der Waals surface area contributed by atoms with Crippen LogP contribution in [0, 0.1) is 20.8 Å². The molecule has 2 rings (SSSR count). The standard InChI is InChI=1S/C18H19Cl3N2O3S/c1-11-5-8-14(9-6-11)27(25,26)23-17(24)22-16(18(19,20)21)15-10-12(2)4-7-13(15)3/h4-10,16H,1-3H3,(H2,22,23,24). The Balaban J connectivity index is 2.26. The molecule has 146 valence electrons. The molecule has 2 aromatic carbocycles. The zero-order valence-corrected chi connectivity index (χ0v) is 18.0. The van der Waals surface area contributed by atoms with Crippen molar-refractivity contribution in [3.05, 3.63) is 64.7 Å². The summed E-state index contributed by atoms with van der Waals surface area (Å²) >= 11 is 18.1. The highest BCUT2D eigenvalue weighted by atomic mass is 35.6. The van der Waals surface area contributed by atoms with Gasteiger partial charge in [-0.2, -0.15) is 0 Å². The lowest BCUT2D eigenvalue weighted by Crippen LogP contribution is -2.44. The number of carbonyl (C=O) groups excluding carboxylic acids is 1. The van der Waals surface area contributed by atoms with E-state index in [1.807, 2.05) is 30.7 Å². The van der Waals surface area contributed by atoms with Crippen LogP contribution in [0.3, 0.4) is 0 Å². The number of sulfonamides is 1. The smallest absolute Gasteiger partial charge is 0.326 e. The van der Waals surface area contributed by atoms with Crippen LogP contribution in [0.2, 0.25) is 0 Å². The number of alkyl halides is 3. The lowest BCUT2D eigenvalue weighted by molar-refractivity contribution is 0.242. The third-order valence-electron chi connectivity index (χ3n) is 3.91. The highest BCUT2D eigenvalue weighted by Crippen LogP contribution is 2.41. The first-order valence-corrected chi connectivity index (χ1v) is 10.6. The number of halogens is 3. The van der Waals surface area contributed by atoms with Gasteiger partial charge in [-0.05, 0) is 44.0 Å². The van der Waals surface area contributed by atoms with E-state index in [2.05, 4.69) is 5.32 Å². The molecule has 9 heteroatoms. The molecule has 2 amide bonds. The van der Waals surface area contributed by atoms with E-state index in [0.717, 1.165) is 16.7 Å². The molecule has 2 N–H and O–H groups in total. The van der Waals surface area contributed by atoms with Gasteiger partial charge in [-0.1, -0.05) is 76.3 Å². The number of carbonyl (C=O) groups is 1. The van der Waals surface area contributed by atoms with Gasteiger partial charge in [0, 0.05) is 0 Å². The van der Waals surface area contributed by atoms with Crippen molar-refractivity contribution in [1.29, 1.82) is 0 Å². The molecule has 2 aromatic rings. The summed E-state index contributed by atoms with van der Waals surface area (Å²) in [6.07, 6.45) is 0. The molecule has 27 heavy (non-hydrogen) atoms. The van der Waals surface area contributed by atoms with Crippen molar-refractivity contribution in [3.63, 3.8) is 0 Å². The molecule has 0 aliphatic rings. The molecule has 0 fully saturated rings. The average Bonchev–Trinajstić information content (AvgIpc) is 2.54. The Hall–Kier alpha value is -1.47. The van der Waals surface area contributed by atoms with Crippen LogP contribution in [0.4, 0.5) is 4.79 Å². The number of benzene rings is 2. The lowest BCUT2D eigenvalue weighted by atomic mass is 10.00. The highest BCUT2D eigenvalue weighted by Gasteiger charge is 2.37. The highest BCUT2D eigenvalue weighted by molar-refractivity contribution is 7.90. The van der Waals surface area contributed by atoms with Gasteiger partial charge in [-0.3, -0.25) is 0 Å². The van der Waals surface area contributed by atoms with Crippen LogP contribution in [0.1, 0.15) is 28.3 Å². The van der Waals surface area contributed by atoms with E-state index in [0.29, 0.717) is 5.56 Å². The summed E-state index contributed by atoms with van der Waals surface area (Å²) < 4.78 is 24.8. The number of aryl methyl sites for hydroxylation is 3. The van der Waals surface area contributed by atoms with Crippen LogP contribution in [-0.2, 0) is 10.0 Å². The third kappa shape index (κ3) is 5.75. The van der Waals surface area contributed by atoms with Gasteiger partial charge in [0.15, 0.2) is 0 Å². The zero-order chi connectivity index (χ0) is 20.4. The van der Waals surface area contributed by atoms with E-state index in [4.69, 9.17) is 34.8 Å². The molecule has 0 radical (unpaired) electrons. The van der Waals surface area contributed by atoms with E-state index in [1.54, 1.807) is 25.1 Å². The van der Waals surface area contributed by atoms with Gasteiger partial charge >= 0.3 is 6.03 Å². The van der Waals surface area contributed by atoms with Crippen molar-refractivity contribution in [3.8, 4) is 0 Å². The van der Waals surface area contributed by atoms with Crippen LogP contribution in [-0.4, -0.2) is 18.2 Å². The lowest BCUT2D eigenvalue weighted by Gasteiger charge is -2.27. The summed E-state index contributed by atoms with van der Waals surface area (Å²) in [4.78, 5) is 12.3. The predicted molar refractivity (Wildman–Crippen MR) is 109 cm³/mol. The molecule has 0 aromatic heterocycles. The first-order valence-electron chi connectivity index (χ1n) is 7.94. The maximum absolute atomic E-state index is 12.4. The van der Waals surface area contributed by atoms with E-state index < -0.39 is 25.9 Å². The van der Waals surface area contributed by atoms with Gasteiger partial charge in [0.05, 0.1) is 4.90 Å².